The average molecular weight is 465 g/mol. The second kappa shape index (κ2) is 8.78. The Bertz CT molecular complexity index is 871. The van der Waals surface area contributed by atoms with Crippen molar-refractivity contribution in [2.24, 2.45) is 23.7 Å². The summed E-state index contributed by atoms with van der Waals surface area (Å²) in [5.41, 5.74) is -0.0954. The van der Waals surface area contributed by atoms with Gasteiger partial charge < -0.3 is 24.8 Å². The largest absolute Gasteiger partial charge is 0.350 e. The van der Waals surface area contributed by atoms with Crippen molar-refractivity contribution in [3.05, 3.63) is 30.1 Å². The molecule has 0 aromatic heterocycles. The summed E-state index contributed by atoms with van der Waals surface area (Å²) >= 11 is 0. The van der Waals surface area contributed by atoms with Crippen molar-refractivity contribution >= 4 is 11.7 Å². The molecule has 8 atom stereocenters. The molecule has 1 saturated carbocycles. The highest BCUT2D eigenvalue weighted by Gasteiger charge is 2.69. The van der Waals surface area contributed by atoms with E-state index in [9.17, 15) is 9.18 Å². The summed E-state index contributed by atoms with van der Waals surface area (Å²) in [4.78, 5) is 24.0. The highest BCUT2D eigenvalue weighted by atomic mass is 19.1. The molecule has 6 rings (SSSR count). The molecule has 1 spiro atoms. The molecule has 4 saturated heterocycles. The first kappa shape index (κ1) is 23.0. The Morgan fingerprint density at radius 2 is 1.94 bits per heavy atom. The van der Waals surface area contributed by atoms with E-state index in [0.29, 0.717) is 24.1 Å². The molecule has 33 heavy (non-hydrogen) atoms. The van der Waals surface area contributed by atoms with Crippen LogP contribution in [0.3, 0.4) is 0 Å². The van der Waals surface area contributed by atoms with Gasteiger partial charge in [-0.05, 0) is 62.3 Å². The third kappa shape index (κ3) is 4.14. The van der Waals surface area contributed by atoms with Crippen LogP contribution in [0, 0.1) is 29.5 Å². The van der Waals surface area contributed by atoms with Crippen molar-refractivity contribution in [2.75, 3.05) is 18.5 Å². The molecule has 2 bridgehead atoms. The maximum atomic E-state index is 13.0. The number of rotatable bonds is 5. The van der Waals surface area contributed by atoms with Crippen LogP contribution in [0.4, 0.5) is 14.9 Å². The van der Waals surface area contributed by atoms with Crippen molar-refractivity contribution in [2.45, 2.75) is 70.4 Å². The minimum absolute atomic E-state index is 0.0824. The summed E-state index contributed by atoms with van der Waals surface area (Å²) in [6.07, 6.45) is 2.87. The molecule has 9 heteroatoms. The highest BCUT2D eigenvalue weighted by Crippen LogP contribution is 2.60. The van der Waals surface area contributed by atoms with E-state index in [4.69, 9.17) is 24.0 Å². The minimum Gasteiger partial charge on any atom is -0.350 e. The van der Waals surface area contributed by atoms with Gasteiger partial charge in [0, 0.05) is 30.5 Å². The van der Waals surface area contributed by atoms with E-state index in [0.717, 1.165) is 25.7 Å². The number of urea groups is 1. The number of ether oxygens (including phenoxy) is 3. The van der Waals surface area contributed by atoms with Crippen molar-refractivity contribution in [1.29, 1.82) is 0 Å². The quantitative estimate of drug-likeness (QED) is 0.502. The van der Waals surface area contributed by atoms with E-state index in [1.54, 1.807) is 0 Å². The molecule has 1 aromatic carbocycles. The lowest BCUT2D eigenvalue weighted by molar-refractivity contribution is -0.577. The molecule has 182 valence electrons. The van der Waals surface area contributed by atoms with Crippen LogP contribution in [-0.2, 0) is 24.0 Å². The van der Waals surface area contributed by atoms with Gasteiger partial charge in [-0.3, -0.25) is 0 Å². The van der Waals surface area contributed by atoms with Crippen LogP contribution in [0.15, 0.2) is 24.3 Å². The van der Waals surface area contributed by atoms with Gasteiger partial charge in [-0.2, -0.15) is 0 Å². The number of carbonyl (C=O) groups excluding carboxylic acids is 1. The number of nitrogens with one attached hydrogen (secondary N) is 2. The van der Waals surface area contributed by atoms with E-state index in [1.807, 2.05) is 6.92 Å². The van der Waals surface area contributed by atoms with Crippen molar-refractivity contribution in [1.82, 2.24) is 5.32 Å². The lowest BCUT2D eigenvalue weighted by Gasteiger charge is -2.60. The Morgan fingerprint density at radius 1 is 1.15 bits per heavy atom. The van der Waals surface area contributed by atoms with Crippen molar-refractivity contribution in [3.8, 4) is 0 Å². The van der Waals surface area contributed by atoms with Crippen LogP contribution in [-0.4, -0.2) is 43.2 Å². The van der Waals surface area contributed by atoms with Gasteiger partial charge in [0.1, 0.15) is 5.82 Å². The zero-order valence-corrected chi connectivity index (χ0v) is 19.3. The molecule has 1 aromatic rings. The first-order valence-corrected chi connectivity index (χ1v) is 11.9. The molecule has 2 amide bonds. The van der Waals surface area contributed by atoms with E-state index in [2.05, 4.69) is 24.5 Å². The van der Waals surface area contributed by atoms with E-state index in [-0.39, 0.29) is 30.3 Å². The van der Waals surface area contributed by atoms with Crippen LogP contribution < -0.4 is 10.6 Å². The Labute approximate surface area is 193 Å². The van der Waals surface area contributed by atoms with Gasteiger partial charge in [-0.15, -0.1) is 0 Å². The third-order valence-electron chi connectivity index (χ3n) is 7.87. The number of hydrogen-bond acceptors (Lipinski definition) is 6. The third-order valence-corrected chi connectivity index (χ3v) is 7.87. The summed E-state index contributed by atoms with van der Waals surface area (Å²) in [7, 11) is 0. The molecule has 5 aliphatic rings. The van der Waals surface area contributed by atoms with Gasteiger partial charge in [0.05, 0.1) is 6.61 Å². The van der Waals surface area contributed by atoms with Gasteiger partial charge in [0.2, 0.25) is 5.79 Å². The van der Waals surface area contributed by atoms with Gasteiger partial charge in [-0.25, -0.2) is 19.0 Å². The Morgan fingerprint density at radius 3 is 2.73 bits per heavy atom. The smallest absolute Gasteiger partial charge is 0.319 e. The number of amides is 2. The molecule has 4 aliphatic heterocycles. The molecule has 1 aliphatic carbocycles. The number of halogens is 1. The monoisotopic (exact) mass is 464 g/mol. The van der Waals surface area contributed by atoms with Crippen molar-refractivity contribution in [3.63, 3.8) is 0 Å². The predicted octanol–water partition coefficient (Wildman–Crippen LogP) is 4.17. The molecular formula is C24H33FN2O6. The number of anilines is 1. The standard InChI is InChI=1S/C24H33FN2O6/c1-14-4-9-19-15(2)20(29-13-12-26-22(28)27-17-7-5-16(25)6-8-17)30-21-24(19)18(14)10-11-23(3,31-21)32-33-24/h5-8,14-15,18-21H,4,9-13H2,1-3H3,(H2,26,27,28)/t14-,15-,18+,19+,20-,21-,23+,24-/m1/s1. The van der Waals surface area contributed by atoms with Crippen LogP contribution in [0.5, 0.6) is 0 Å². The summed E-state index contributed by atoms with van der Waals surface area (Å²) in [5.74, 6) is -0.0748. The summed E-state index contributed by atoms with van der Waals surface area (Å²) in [6.45, 7) is 6.90. The fourth-order valence-electron chi connectivity index (χ4n) is 6.11. The van der Waals surface area contributed by atoms with Crippen LogP contribution in [0.25, 0.3) is 0 Å². The van der Waals surface area contributed by atoms with Gasteiger partial charge in [0.15, 0.2) is 18.2 Å². The second-order valence-electron chi connectivity index (χ2n) is 10.0. The lowest BCUT2D eigenvalue weighted by atomic mass is 9.58. The fourth-order valence-corrected chi connectivity index (χ4v) is 6.11. The van der Waals surface area contributed by atoms with Crippen LogP contribution in [0.1, 0.15) is 46.5 Å². The Hall–Kier alpha value is -1.78. The van der Waals surface area contributed by atoms with Crippen molar-refractivity contribution < 1.29 is 33.2 Å². The van der Waals surface area contributed by atoms with E-state index < -0.39 is 24.0 Å². The molecule has 2 N–H and O–H groups in total. The first-order valence-electron chi connectivity index (χ1n) is 11.9. The molecule has 5 fully saturated rings. The normalized spacial score (nSPS) is 41.7. The summed E-state index contributed by atoms with van der Waals surface area (Å²) in [5, 5.41) is 5.41. The topological polar surface area (TPSA) is 87.3 Å². The summed E-state index contributed by atoms with van der Waals surface area (Å²) < 4.78 is 31.7. The Balaban J connectivity index is 1.19. The average Bonchev–Trinajstić information content (AvgIpc) is 3.02. The number of carbonyl (C=O) groups is 1. The second-order valence-corrected chi connectivity index (χ2v) is 10.0. The zero-order chi connectivity index (χ0) is 23.2. The zero-order valence-electron chi connectivity index (χ0n) is 19.3. The molecule has 0 radical (unpaired) electrons. The molecule has 8 nitrogen and oxygen atoms in total. The maximum absolute atomic E-state index is 13.0. The fraction of sp³-hybridized carbons (Fsp3) is 0.708. The maximum Gasteiger partial charge on any atom is 0.319 e. The molecule has 4 heterocycles. The van der Waals surface area contributed by atoms with Gasteiger partial charge in [-0.1, -0.05) is 13.8 Å². The van der Waals surface area contributed by atoms with E-state index in [1.165, 1.54) is 24.3 Å². The first-order chi connectivity index (χ1) is 15.8. The number of fused-ring (bicyclic) bond motifs is 2. The predicted molar refractivity (Wildman–Crippen MR) is 116 cm³/mol. The number of benzene rings is 1. The van der Waals surface area contributed by atoms with Crippen LogP contribution in [0.2, 0.25) is 0 Å². The van der Waals surface area contributed by atoms with E-state index >= 15 is 0 Å². The molecular weight excluding hydrogens is 431 g/mol. The minimum atomic E-state index is -0.817. The highest BCUT2D eigenvalue weighted by molar-refractivity contribution is 5.89. The number of hydrogen-bond donors (Lipinski definition) is 2. The lowest BCUT2D eigenvalue weighted by Crippen LogP contribution is -2.70. The SMILES string of the molecule is C[C@H]1[C@H](OCCNC(=O)Nc2ccc(F)cc2)O[C@@H]2O[C@]3(C)CC[C@H]4[C@H](C)CC[C@@H]1[C@@]24OO3. The summed E-state index contributed by atoms with van der Waals surface area (Å²) in [6, 6.07) is 5.21. The Kier molecular flexibility index (Phi) is 6.11. The molecule has 0 unspecified atom stereocenters. The van der Waals surface area contributed by atoms with Gasteiger partial charge in [0.25, 0.3) is 0 Å². The van der Waals surface area contributed by atoms with Gasteiger partial charge >= 0.3 is 6.03 Å². The van der Waals surface area contributed by atoms with Crippen LogP contribution >= 0.6 is 0 Å².